The molecule has 0 N–H and O–H groups in total. The van der Waals surface area contributed by atoms with Crippen LogP contribution in [0.1, 0.15) is 12.1 Å². The molecule has 1 aromatic rings. The number of aryl methyl sites for hydroxylation is 2. The molecule has 0 saturated carbocycles. The van der Waals surface area contributed by atoms with Gasteiger partial charge in [-0.15, -0.1) is 12.3 Å². The van der Waals surface area contributed by atoms with Crippen molar-refractivity contribution >= 4 is 11.5 Å². The summed E-state index contributed by atoms with van der Waals surface area (Å²) < 4.78 is 1.60. The Kier molecular flexibility index (Phi) is 4.25. The summed E-state index contributed by atoms with van der Waals surface area (Å²) in [5.41, 5.74) is 0.576. The van der Waals surface area contributed by atoms with Crippen molar-refractivity contribution < 1.29 is 4.92 Å². The highest BCUT2D eigenvalue weighted by molar-refractivity contribution is 5.61. The normalized spacial score (nSPS) is 16.1. The molecule has 1 aliphatic heterocycles. The van der Waals surface area contributed by atoms with Crippen LogP contribution in [0.5, 0.6) is 0 Å². The lowest BCUT2D eigenvalue weighted by molar-refractivity contribution is -0.384. The fourth-order valence-corrected chi connectivity index (χ4v) is 2.61. The number of aromatic nitrogens is 2. The number of hydrogen-bond acceptors (Lipinski definition) is 5. The van der Waals surface area contributed by atoms with Crippen LogP contribution in [0.2, 0.25) is 0 Å². The Labute approximate surface area is 118 Å². The Bertz CT molecular complexity index is 538. The van der Waals surface area contributed by atoms with Gasteiger partial charge in [-0.2, -0.15) is 5.10 Å². The standard InChI is InChI=1S/C13H19N5O2/c1-4-5-6-16-7-9-17(10-8-16)13-12(18(19)20)11(2)14-15(13)3/h1H,5-10H2,2-3H3. The summed E-state index contributed by atoms with van der Waals surface area (Å²) >= 11 is 0. The maximum Gasteiger partial charge on any atom is 0.333 e. The van der Waals surface area contributed by atoms with Crippen molar-refractivity contribution in [2.75, 3.05) is 37.6 Å². The van der Waals surface area contributed by atoms with Gasteiger partial charge in [-0.25, -0.2) is 4.68 Å². The second-order valence-electron chi connectivity index (χ2n) is 4.92. The second kappa shape index (κ2) is 5.92. The fourth-order valence-electron chi connectivity index (χ4n) is 2.61. The first kappa shape index (κ1) is 14.3. The van der Waals surface area contributed by atoms with Crippen molar-refractivity contribution in [3.05, 3.63) is 15.8 Å². The molecule has 0 amide bonds. The van der Waals surface area contributed by atoms with Gasteiger partial charge in [-0.3, -0.25) is 15.0 Å². The molecule has 2 rings (SSSR count). The average Bonchev–Trinajstić information content (AvgIpc) is 2.72. The van der Waals surface area contributed by atoms with E-state index in [0.29, 0.717) is 11.5 Å². The molecular weight excluding hydrogens is 258 g/mol. The molecule has 0 atom stereocenters. The van der Waals surface area contributed by atoms with Gasteiger partial charge in [0.2, 0.25) is 5.82 Å². The summed E-state index contributed by atoms with van der Waals surface area (Å²) in [7, 11) is 1.75. The third-order valence-corrected chi connectivity index (χ3v) is 3.59. The predicted molar refractivity (Wildman–Crippen MR) is 76.7 cm³/mol. The molecule has 0 spiro atoms. The minimum absolute atomic E-state index is 0.115. The monoisotopic (exact) mass is 277 g/mol. The molecule has 108 valence electrons. The van der Waals surface area contributed by atoms with Gasteiger partial charge in [0.1, 0.15) is 5.69 Å². The molecule has 0 aliphatic carbocycles. The van der Waals surface area contributed by atoms with Gasteiger partial charge in [0.05, 0.1) is 4.92 Å². The summed E-state index contributed by atoms with van der Waals surface area (Å²) in [5, 5.41) is 15.4. The molecule has 1 saturated heterocycles. The van der Waals surface area contributed by atoms with Gasteiger partial charge in [0, 0.05) is 46.2 Å². The van der Waals surface area contributed by atoms with Crippen LogP contribution in [0.25, 0.3) is 0 Å². The Hall–Kier alpha value is -2.07. The maximum absolute atomic E-state index is 11.2. The molecule has 0 bridgehead atoms. The summed E-state index contributed by atoms with van der Waals surface area (Å²) in [5.74, 6) is 3.24. The van der Waals surface area contributed by atoms with E-state index in [0.717, 1.165) is 39.1 Å². The highest BCUT2D eigenvalue weighted by Crippen LogP contribution is 2.31. The fraction of sp³-hybridized carbons (Fsp3) is 0.615. The van der Waals surface area contributed by atoms with Gasteiger partial charge < -0.3 is 4.90 Å². The van der Waals surface area contributed by atoms with E-state index < -0.39 is 0 Å². The van der Waals surface area contributed by atoms with Crippen LogP contribution in [0.4, 0.5) is 11.5 Å². The van der Waals surface area contributed by atoms with Crippen LogP contribution in [0.15, 0.2) is 0 Å². The topological polar surface area (TPSA) is 67.4 Å². The smallest absolute Gasteiger partial charge is 0.333 e. The molecular formula is C13H19N5O2. The number of hydrogen-bond donors (Lipinski definition) is 0. The quantitative estimate of drug-likeness (QED) is 0.462. The van der Waals surface area contributed by atoms with Crippen LogP contribution < -0.4 is 4.90 Å². The van der Waals surface area contributed by atoms with Gasteiger partial charge in [0.25, 0.3) is 0 Å². The van der Waals surface area contributed by atoms with Gasteiger partial charge in [-0.05, 0) is 6.92 Å². The van der Waals surface area contributed by atoms with E-state index >= 15 is 0 Å². The lowest BCUT2D eigenvalue weighted by Crippen LogP contribution is -2.47. The van der Waals surface area contributed by atoms with Gasteiger partial charge >= 0.3 is 5.69 Å². The molecule has 7 nitrogen and oxygen atoms in total. The largest absolute Gasteiger partial charge is 0.349 e. The highest BCUT2D eigenvalue weighted by Gasteiger charge is 2.30. The minimum Gasteiger partial charge on any atom is -0.349 e. The van der Waals surface area contributed by atoms with Crippen molar-refractivity contribution in [3.63, 3.8) is 0 Å². The summed E-state index contributed by atoms with van der Waals surface area (Å²) in [6.45, 7) is 5.79. The molecule has 0 unspecified atom stereocenters. The second-order valence-corrected chi connectivity index (χ2v) is 4.92. The zero-order valence-corrected chi connectivity index (χ0v) is 11.9. The van der Waals surface area contributed by atoms with E-state index in [9.17, 15) is 10.1 Å². The maximum atomic E-state index is 11.2. The Morgan fingerprint density at radius 1 is 1.40 bits per heavy atom. The third-order valence-electron chi connectivity index (χ3n) is 3.59. The Balaban J connectivity index is 2.11. The Morgan fingerprint density at radius 3 is 2.60 bits per heavy atom. The lowest BCUT2D eigenvalue weighted by atomic mass is 10.2. The molecule has 1 fully saturated rings. The molecule has 1 aromatic heterocycles. The Morgan fingerprint density at radius 2 is 2.05 bits per heavy atom. The third kappa shape index (κ3) is 2.75. The molecule has 7 heteroatoms. The van der Waals surface area contributed by atoms with Crippen LogP contribution >= 0.6 is 0 Å². The van der Waals surface area contributed by atoms with Crippen LogP contribution in [0.3, 0.4) is 0 Å². The number of anilines is 1. The predicted octanol–water partition coefficient (Wildman–Crippen LogP) is 0.782. The summed E-state index contributed by atoms with van der Waals surface area (Å²) in [4.78, 5) is 15.2. The van der Waals surface area contributed by atoms with Crippen molar-refractivity contribution in [2.24, 2.45) is 7.05 Å². The number of terminal acetylenes is 1. The SMILES string of the molecule is C#CCCN1CCN(c2c([N+](=O)[O-])c(C)nn2C)CC1. The number of piperazine rings is 1. The zero-order valence-electron chi connectivity index (χ0n) is 11.9. The molecule has 20 heavy (non-hydrogen) atoms. The van der Waals surface area contributed by atoms with Crippen LogP contribution in [0, 0.1) is 29.4 Å². The molecule has 2 heterocycles. The average molecular weight is 277 g/mol. The lowest BCUT2D eigenvalue weighted by Gasteiger charge is -2.35. The summed E-state index contributed by atoms with van der Waals surface area (Å²) in [6.07, 6.45) is 6.01. The van der Waals surface area contributed by atoms with Crippen molar-refractivity contribution in [3.8, 4) is 12.3 Å². The van der Waals surface area contributed by atoms with Crippen LogP contribution in [-0.4, -0.2) is 52.3 Å². The van der Waals surface area contributed by atoms with Crippen LogP contribution in [-0.2, 0) is 7.05 Å². The van der Waals surface area contributed by atoms with E-state index in [-0.39, 0.29) is 10.6 Å². The van der Waals surface area contributed by atoms with E-state index in [4.69, 9.17) is 6.42 Å². The summed E-state index contributed by atoms with van der Waals surface area (Å²) in [6, 6.07) is 0. The van der Waals surface area contributed by atoms with Crippen molar-refractivity contribution in [1.29, 1.82) is 0 Å². The molecule has 1 aliphatic rings. The highest BCUT2D eigenvalue weighted by atomic mass is 16.6. The van der Waals surface area contributed by atoms with Crippen molar-refractivity contribution in [1.82, 2.24) is 14.7 Å². The van der Waals surface area contributed by atoms with Gasteiger partial charge in [-0.1, -0.05) is 0 Å². The van der Waals surface area contributed by atoms with Gasteiger partial charge in [0.15, 0.2) is 0 Å². The van der Waals surface area contributed by atoms with E-state index in [1.807, 2.05) is 4.90 Å². The number of nitrogens with zero attached hydrogens (tertiary/aromatic N) is 5. The molecule has 0 radical (unpaired) electrons. The van der Waals surface area contributed by atoms with E-state index in [1.54, 1.807) is 18.7 Å². The van der Waals surface area contributed by atoms with Crippen molar-refractivity contribution in [2.45, 2.75) is 13.3 Å². The number of nitro groups is 1. The minimum atomic E-state index is -0.345. The first-order valence-corrected chi connectivity index (χ1v) is 6.63. The van der Waals surface area contributed by atoms with E-state index in [2.05, 4.69) is 15.9 Å². The first-order chi connectivity index (χ1) is 9.54. The zero-order chi connectivity index (χ0) is 14.7. The first-order valence-electron chi connectivity index (χ1n) is 6.63. The number of rotatable bonds is 4. The molecule has 0 aromatic carbocycles. The van der Waals surface area contributed by atoms with E-state index in [1.165, 1.54) is 0 Å².